The molecule has 0 aliphatic carbocycles. The van der Waals surface area contributed by atoms with Crippen LogP contribution in [0.4, 0.5) is 17.1 Å². The minimum atomic E-state index is -0.477. The Hall–Kier alpha value is -3.67. The first-order valence-corrected chi connectivity index (χ1v) is 8.07. The summed E-state index contributed by atoms with van der Waals surface area (Å²) in [5, 5.41) is 12.8. The summed E-state index contributed by atoms with van der Waals surface area (Å²) in [7, 11) is 0. The molecule has 0 aliphatic heterocycles. The minimum Gasteiger partial charge on any atom is -0.273 e. The molecule has 0 atom stereocenters. The number of benzene rings is 3. The van der Waals surface area contributed by atoms with Gasteiger partial charge in [0, 0.05) is 11.6 Å². The van der Waals surface area contributed by atoms with E-state index in [0.717, 1.165) is 11.4 Å². The molecule has 26 heavy (non-hydrogen) atoms. The third-order valence-corrected chi connectivity index (χ3v) is 3.80. The first-order chi connectivity index (χ1) is 12.6. The average Bonchev–Trinajstić information content (AvgIpc) is 2.68. The topological polar surface area (TPSA) is 75.5 Å². The number of nitrogens with zero attached hydrogens (tertiary/aromatic N) is 2. The van der Waals surface area contributed by atoms with Gasteiger partial charge >= 0.3 is 0 Å². The number of hydrogen-bond donors (Lipinski definition) is 1. The lowest BCUT2D eigenvalue weighted by molar-refractivity contribution is -0.385. The number of hydrazine groups is 1. The number of amides is 1. The Morgan fingerprint density at radius 2 is 1.35 bits per heavy atom. The number of carbonyl (C=O) groups is 1. The van der Waals surface area contributed by atoms with Crippen LogP contribution in [-0.2, 0) is 11.2 Å². The lowest BCUT2D eigenvalue weighted by Crippen LogP contribution is -2.39. The largest absolute Gasteiger partial charge is 0.273 e. The highest BCUT2D eigenvalue weighted by Crippen LogP contribution is 2.23. The van der Waals surface area contributed by atoms with Gasteiger partial charge in [0.2, 0.25) is 5.91 Å². The summed E-state index contributed by atoms with van der Waals surface area (Å²) in [4.78, 5) is 23.2. The lowest BCUT2D eigenvalue weighted by Gasteiger charge is -2.25. The number of rotatable bonds is 6. The molecule has 0 aliphatic rings. The quantitative estimate of drug-likeness (QED) is 0.540. The van der Waals surface area contributed by atoms with Crippen LogP contribution in [0.5, 0.6) is 0 Å². The van der Waals surface area contributed by atoms with Crippen LogP contribution in [0.3, 0.4) is 0 Å². The molecule has 1 amide bonds. The van der Waals surface area contributed by atoms with E-state index in [1.54, 1.807) is 23.2 Å². The van der Waals surface area contributed by atoms with Gasteiger partial charge in [0.15, 0.2) is 0 Å². The van der Waals surface area contributed by atoms with Crippen molar-refractivity contribution in [1.29, 1.82) is 0 Å². The summed E-state index contributed by atoms with van der Waals surface area (Å²) >= 11 is 0. The molecule has 0 unspecified atom stereocenters. The van der Waals surface area contributed by atoms with E-state index >= 15 is 0 Å². The predicted molar refractivity (Wildman–Crippen MR) is 100.0 cm³/mol. The molecule has 0 spiro atoms. The zero-order valence-corrected chi connectivity index (χ0v) is 13.9. The molecule has 130 valence electrons. The molecule has 0 fully saturated rings. The van der Waals surface area contributed by atoms with Crippen molar-refractivity contribution in [2.45, 2.75) is 6.42 Å². The Morgan fingerprint density at radius 3 is 1.88 bits per heavy atom. The molecule has 6 heteroatoms. The van der Waals surface area contributed by atoms with Gasteiger partial charge in [-0.2, -0.15) is 0 Å². The fraction of sp³-hybridized carbons (Fsp3) is 0.0500. The van der Waals surface area contributed by atoms with E-state index in [4.69, 9.17) is 0 Å². The van der Waals surface area contributed by atoms with Crippen LogP contribution in [0.1, 0.15) is 5.56 Å². The summed E-state index contributed by atoms with van der Waals surface area (Å²) < 4.78 is 0. The maximum atomic E-state index is 12.6. The van der Waals surface area contributed by atoms with Gasteiger partial charge in [-0.25, -0.2) is 0 Å². The predicted octanol–water partition coefficient (Wildman–Crippen LogP) is 4.01. The maximum absolute atomic E-state index is 12.6. The SMILES string of the molecule is O=C(Cc1ccccc1[N+](=O)[O-])NN(c1ccccc1)c1ccccc1. The van der Waals surface area contributed by atoms with E-state index in [1.807, 2.05) is 60.7 Å². The van der Waals surface area contributed by atoms with Crippen molar-refractivity contribution in [1.82, 2.24) is 5.43 Å². The molecule has 3 aromatic carbocycles. The third-order valence-electron chi connectivity index (χ3n) is 3.80. The summed E-state index contributed by atoms with van der Waals surface area (Å²) in [6.07, 6.45) is -0.0900. The summed E-state index contributed by atoms with van der Waals surface area (Å²) in [5.74, 6) is -0.341. The second-order valence-corrected chi connectivity index (χ2v) is 5.60. The second-order valence-electron chi connectivity index (χ2n) is 5.60. The summed E-state index contributed by atoms with van der Waals surface area (Å²) in [6, 6.07) is 25.0. The van der Waals surface area contributed by atoms with Crippen molar-refractivity contribution in [2.24, 2.45) is 0 Å². The summed E-state index contributed by atoms with van der Waals surface area (Å²) in [5.41, 5.74) is 4.72. The van der Waals surface area contributed by atoms with Gasteiger partial charge in [-0.1, -0.05) is 54.6 Å². The zero-order chi connectivity index (χ0) is 18.4. The first kappa shape index (κ1) is 17.2. The van der Waals surface area contributed by atoms with Crippen LogP contribution < -0.4 is 10.4 Å². The van der Waals surface area contributed by atoms with Gasteiger partial charge in [-0.3, -0.25) is 25.3 Å². The highest BCUT2D eigenvalue weighted by Gasteiger charge is 2.18. The van der Waals surface area contributed by atoms with Gasteiger partial charge < -0.3 is 0 Å². The number of nitro groups is 1. The standard InChI is InChI=1S/C20H17N3O3/c24-20(15-16-9-7-8-14-19(16)23(25)26)21-22(17-10-3-1-4-11-17)18-12-5-2-6-13-18/h1-14H,15H2,(H,21,24). The highest BCUT2D eigenvalue weighted by atomic mass is 16.6. The number of para-hydroxylation sites is 3. The molecule has 0 saturated heterocycles. The molecule has 0 aromatic heterocycles. The van der Waals surface area contributed by atoms with Gasteiger partial charge in [-0.15, -0.1) is 0 Å². The van der Waals surface area contributed by atoms with E-state index in [1.165, 1.54) is 6.07 Å². The number of hydrogen-bond acceptors (Lipinski definition) is 4. The van der Waals surface area contributed by atoms with Crippen molar-refractivity contribution >= 4 is 23.0 Å². The average molecular weight is 347 g/mol. The fourth-order valence-electron chi connectivity index (χ4n) is 2.61. The molecule has 0 saturated carbocycles. The monoisotopic (exact) mass is 347 g/mol. The van der Waals surface area contributed by atoms with Crippen LogP contribution in [0.15, 0.2) is 84.9 Å². The second kappa shape index (κ2) is 7.94. The van der Waals surface area contributed by atoms with Crippen molar-refractivity contribution in [3.05, 3.63) is 101 Å². The molecule has 6 nitrogen and oxygen atoms in total. The van der Waals surface area contributed by atoms with E-state index < -0.39 is 4.92 Å². The van der Waals surface area contributed by atoms with E-state index in [9.17, 15) is 14.9 Å². The molecule has 0 heterocycles. The Labute approximate surface area is 150 Å². The van der Waals surface area contributed by atoms with E-state index in [0.29, 0.717) is 5.56 Å². The van der Waals surface area contributed by atoms with Crippen molar-refractivity contribution in [3.8, 4) is 0 Å². The van der Waals surface area contributed by atoms with E-state index in [2.05, 4.69) is 5.43 Å². The van der Waals surface area contributed by atoms with Crippen molar-refractivity contribution in [2.75, 3.05) is 5.01 Å². The van der Waals surface area contributed by atoms with Crippen LogP contribution >= 0.6 is 0 Å². The smallest absolute Gasteiger partial charge is 0.273 e. The Kier molecular flexibility index (Phi) is 5.24. The number of carbonyl (C=O) groups excluding carboxylic acids is 1. The maximum Gasteiger partial charge on any atom is 0.273 e. The highest BCUT2D eigenvalue weighted by molar-refractivity contribution is 5.83. The van der Waals surface area contributed by atoms with Crippen LogP contribution in [0, 0.1) is 10.1 Å². The van der Waals surface area contributed by atoms with E-state index in [-0.39, 0.29) is 18.0 Å². The van der Waals surface area contributed by atoms with Crippen LogP contribution in [0.2, 0.25) is 0 Å². The number of anilines is 2. The van der Waals surface area contributed by atoms with Gasteiger partial charge in [0.25, 0.3) is 5.69 Å². The van der Waals surface area contributed by atoms with Crippen molar-refractivity contribution in [3.63, 3.8) is 0 Å². The van der Waals surface area contributed by atoms with Crippen LogP contribution in [-0.4, -0.2) is 10.8 Å². The lowest BCUT2D eigenvalue weighted by atomic mass is 10.1. The molecule has 3 aromatic rings. The Bertz CT molecular complexity index is 859. The molecule has 0 radical (unpaired) electrons. The molecule has 0 bridgehead atoms. The zero-order valence-electron chi connectivity index (χ0n) is 13.9. The first-order valence-electron chi connectivity index (χ1n) is 8.07. The number of nitro benzene ring substituents is 1. The van der Waals surface area contributed by atoms with Crippen LogP contribution in [0.25, 0.3) is 0 Å². The molecular weight excluding hydrogens is 330 g/mol. The molecule has 1 N–H and O–H groups in total. The minimum absolute atomic E-state index is 0.0615. The molecular formula is C20H17N3O3. The number of nitrogens with one attached hydrogen (secondary N) is 1. The summed E-state index contributed by atoms with van der Waals surface area (Å²) in [6.45, 7) is 0. The van der Waals surface area contributed by atoms with Crippen molar-refractivity contribution < 1.29 is 9.72 Å². The van der Waals surface area contributed by atoms with Gasteiger partial charge in [0.1, 0.15) is 0 Å². The molecule has 3 rings (SSSR count). The van der Waals surface area contributed by atoms with Gasteiger partial charge in [-0.05, 0) is 24.3 Å². The third kappa shape index (κ3) is 4.05. The van der Waals surface area contributed by atoms with Gasteiger partial charge in [0.05, 0.1) is 22.7 Å². The Morgan fingerprint density at radius 1 is 0.846 bits per heavy atom. The Balaban J connectivity index is 1.84. The normalized spacial score (nSPS) is 10.2. The fourth-order valence-corrected chi connectivity index (χ4v) is 2.61.